The van der Waals surface area contributed by atoms with E-state index in [1.807, 2.05) is 0 Å². The monoisotopic (exact) mass is 309 g/mol. The van der Waals surface area contributed by atoms with Crippen LogP contribution in [0.2, 0.25) is 0 Å². The summed E-state index contributed by atoms with van der Waals surface area (Å²) < 4.78 is 25.8. The van der Waals surface area contributed by atoms with E-state index < -0.39 is 21.1 Å². The van der Waals surface area contributed by atoms with Gasteiger partial charge in [-0.1, -0.05) is 6.42 Å². The number of fused-ring (bicyclic) bond motifs is 1. The first kappa shape index (κ1) is 14.0. The number of carbonyl (C=O) groups is 1. The van der Waals surface area contributed by atoms with Crippen molar-refractivity contribution in [3.8, 4) is 0 Å². The molecule has 1 aliphatic rings. The van der Waals surface area contributed by atoms with Gasteiger partial charge in [0, 0.05) is 12.6 Å². The Morgan fingerprint density at radius 3 is 2.90 bits per heavy atom. The molecule has 0 radical (unpaired) electrons. The van der Waals surface area contributed by atoms with Gasteiger partial charge in [-0.05, 0) is 25.0 Å². The van der Waals surface area contributed by atoms with Crippen LogP contribution in [0.4, 0.5) is 0 Å². The van der Waals surface area contributed by atoms with Gasteiger partial charge >= 0.3 is 5.97 Å². The molecule has 8 heteroatoms. The van der Waals surface area contributed by atoms with Crippen LogP contribution in [0.3, 0.4) is 0 Å². The first-order valence-electron chi connectivity index (χ1n) is 6.76. The van der Waals surface area contributed by atoms with Crippen molar-refractivity contribution < 1.29 is 18.3 Å². The quantitative estimate of drug-likeness (QED) is 0.905. The summed E-state index contributed by atoms with van der Waals surface area (Å²) >= 11 is 0. The van der Waals surface area contributed by atoms with E-state index in [2.05, 4.69) is 10.2 Å². The molecule has 0 aliphatic carbocycles. The lowest BCUT2D eigenvalue weighted by molar-refractivity contribution is 0.0697. The van der Waals surface area contributed by atoms with Crippen molar-refractivity contribution in [3.63, 3.8) is 0 Å². The molecule has 7 nitrogen and oxygen atoms in total. The second-order valence-electron chi connectivity index (χ2n) is 5.25. The lowest BCUT2D eigenvalue weighted by atomic mass is 10.1. The Labute approximate surface area is 121 Å². The molecule has 1 unspecified atom stereocenters. The molecule has 21 heavy (non-hydrogen) atoms. The van der Waals surface area contributed by atoms with E-state index in [4.69, 9.17) is 5.11 Å². The molecule has 3 heterocycles. The van der Waals surface area contributed by atoms with Gasteiger partial charge in [-0.15, -0.1) is 10.2 Å². The second kappa shape index (κ2) is 5.10. The van der Waals surface area contributed by atoms with Crippen molar-refractivity contribution in [2.24, 2.45) is 0 Å². The van der Waals surface area contributed by atoms with Crippen LogP contribution in [-0.2, 0) is 16.3 Å². The number of hydrogen-bond acceptors (Lipinski definition) is 5. The SMILES string of the molecule is O=C(O)c1ccn2c(CC3CCCCS3(=O)=O)nnc2c1. The van der Waals surface area contributed by atoms with E-state index in [1.165, 1.54) is 12.1 Å². The minimum atomic E-state index is -3.07. The number of rotatable bonds is 3. The van der Waals surface area contributed by atoms with Crippen LogP contribution in [-0.4, -0.2) is 45.1 Å². The van der Waals surface area contributed by atoms with Crippen LogP contribution in [0.25, 0.3) is 5.65 Å². The summed E-state index contributed by atoms with van der Waals surface area (Å²) in [5.41, 5.74) is 0.546. The van der Waals surface area contributed by atoms with Crippen molar-refractivity contribution >= 4 is 21.5 Å². The molecule has 1 atom stereocenters. The molecule has 3 rings (SSSR count). The molecule has 0 aromatic carbocycles. The Kier molecular flexibility index (Phi) is 3.40. The van der Waals surface area contributed by atoms with Crippen molar-refractivity contribution in [1.29, 1.82) is 0 Å². The topological polar surface area (TPSA) is 102 Å². The van der Waals surface area contributed by atoms with Gasteiger partial charge in [0.25, 0.3) is 0 Å². The van der Waals surface area contributed by atoms with Crippen LogP contribution in [0.1, 0.15) is 35.4 Å². The van der Waals surface area contributed by atoms with Crippen molar-refractivity contribution in [3.05, 3.63) is 29.7 Å². The fourth-order valence-electron chi connectivity index (χ4n) is 2.67. The fourth-order valence-corrected chi connectivity index (χ4v) is 4.54. The van der Waals surface area contributed by atoms with Crippen LogP contribution in [0, 0.1) is 0 Å². The van der Waals surface area contributed by atoms with Gasteiger partial charge in [-0.2, -0.15) is 0 Å². The van der Waals surface area contributed by atoms with Crippen molar-refractivity contribution in [2.45, 2.75) is 30.9 Å². The summed E-state index contributed by atoms with van der Waals surface area (Å²) in [6, 6.07) is 2.88. The lowest BCUT2D eigenvalue weighted by Gasteiger charge is -2.21. The molecule has 2 aromatic rings. The molecule has 0 saturated carbocycles. The summed E-state index contributed by atoms with van der Waals surface area (Å²) in [5, 5.41) is 16.5. The second-order valence-corrected chi connectivity index (χ2v) is 7.65. The van der Waals surface area contributed by atoms with Crippen LogP contribution in [0.15, 0.2) is 18.3 Å². The Morgan fingerprint density at radius 1 is 1.38 bits per heavy atom. The molecule has 0 amide bonds. The number of aromatic carboxylic acids is 1. The highest BCUT2D eigenvalue weighted by Crippen LogP contribution is 2.22. The number of carboxylic acids is 1. The summed E-state index contributed by atoms with van der Waals surface area (Å²) in [6.45, 7) is 0. The minimum Gasteiger partial charge on any atom is -0.478 e. The number of sulfone groups is 1. The third-order valence-electron chi connectivity index (χ3n) is 3.85. The largest absolute Gasteiger partial charge is 0.478 e. The Balaban J connectivity index is 1.93. The van der Waals surface area contributed by atoms with E-state index in [0.717, 1.165) is 12.8 Å². The zero-order valence-electron chi connectivity index (χ0n) is 11.3. The molecule has 0 spiro atoms. The zero-order chi connectivity index (χ0) is 15.0. The highest BCUT2D eigenvalue weighted by atomic mass is 32.2. The zero-order valence-corrected chi connectivity index (χ0v) is 12.1. The number of aromatic nitrogens is 3. The van der Waals surface area contributed by atoms with Crippen molar-refractivity contribution in [2.75, 3.05) is 5.75 Å². The van der Waals surface area contributed by atoms with E-state index in [-0.39, 0.29) is 11.3 Å². The van der Waals surface area contributed by atoms with E-state index in [0.29, 0.717) is 24.3 Å². The smallest absolute Gasteiger partial charge is 0.335 e. The number of carboxylic acid groups (broad SMARTS) is 1. The molecule has 1 saturated heterocycles. The van der Waals surface area contributed by atoms with Gasteiger partial charge in [-0.25, -0.2) is 13.2 Å². The summed E-state index contributed by atoms with van der Waals surface area (Å²) in [4.78, 5) is 10.9. The molecular formula is C13H15N3O4S. The maximum Gasteiger partial charge on any atom is 0.335 e. The molecule has 2 aromatic heterocycles. The first-order valence-corrected chi connectivity index (χ1v) is 8.47. The molecule has 1 fully saturated rings. The van der Waals surface area contributed by atoms with Gasteiger partial charge < -0.3 is 5.11 Å². The van der Waals surface area contributed by atoms with E-state index >= 15 is 0 Å². The molecule has 1 N–H and O–H groups in total. The van der Waals surface area contributed by atoms with E-state index in [9.17, 15) is 13.2 Å². The standard InChI is InChI=1S/C13H15N3O4S/c17-13(18)9-4-5-16-11(7-9)14-15-12(16)8-10-3-1-2-6-21(10,19)20/h4-5,7,10H,1-3,6,8H2,(H,17,18). The molecular weight excluding hydrogens is 294 g/mol. The maximum atomic E-state index is 12.1. The Hall–Kier alpha value is -1.96. The van der Waals surface area contributed by atoms with Gasteiger partial charge in [0.1, 0.15) is 5.82 Å². The highest BCUT2D eigenvalue weighted by Gasteiger charge is 2.30. The normalized spacial score (nSPS) is 21.4. The summed E-state index contributed by atoms with van der Waals surface area (Å²) in [6.07, 6.45) is 4.16. The Bertz CT molecular complexity index is 797. The van der Waals surface area contributed by atoms with Gasteiger partial charge in [-0.3, -0.25) is 4.40 Å². The van der Waals surface area contributed by atoms with Crippen LogP contribution in [0.5, 0.6) is 0 Å². The average molecular weight is 309 g/mol. The maximum absolute atomic E-state index is 12.1. The van der Waals surface area contributed by atoms with Gasteiger partial charge in [0.15, 0.2) is 15.5 Å². The number of nitrogens with zero attached hydrogens (tertiary/aromatic N) is 3. The first-order chi connectivity index (χ1) is 9.97. The summed E-state index contributed by atoms with van der Waals surface area (Å²) in [5.74, 6) is -0.244. The van der Waals surface area contributed by atoms with Crippen LogP contribution >= 0.6 is 0 Å². The molecule has 112 valence electrons. The molecule has 1 aliphatic heterocycles. The van der Waals surface area contributed by atoms with Gasteiger partial charge in [0.05, 0.1) is 16.6 Å². The Morgan fingerprint density at radius 2 is 2.19 bits per heavy atom. The fraction of sp³-hybridized carbons (Fsp3) is 0.462. The minimum absolute atomic E-state index is 0.131. The number of hydrogen-bond donors (Lipinski definition) is 1. The lowest BCUT2D eigenvalue weighted by Crippen LogP contribution is -2.30. The highest BCUT2D eigenvalue weighted by molar-refractivity contribution is 7.92. The number of pyridine rings is 1. The summed E-state index contributed by atoms with van der Waals surface area (Å²) in [7, 11) is -3.07. The third-order valence-corrected chi connectivity index (χ3v) is 6.13. The third kappa shape index (κ3) is 2.63. The van der Waals surface area contributed by atoms with Crippen molar-refractivity contribution in [1.82, 2.24) is 14.6 Å². The van der Waals surface area contributed by atoms with Crippen LogP contribution < -0.4 is 0 Å². The average Bonchev–Trinajstić information content (AvgIpc) is 2.83. The molecule has 0 bridgehead atoms. The predicted octanol–water partition coefficient (Wildman–Crippen LogP) is 0.937. The predicted molar refractivity (Wildman–Crippen MR) is 75.1 cm³/mol. The van der Waals surface area contributed by atoms with E-state index in [1.54, 1.807) is 10.6 Å². The van der Waals surface area contributed by atoms with Gasteiger partial charge in [0.2, 0.25) is 0 Å².